The smallest absolute Gasteiger partial charge is 0.407 e. The van der Waals surface area contributed by atoms with Gasteiger partial charge in [-0.2, -0.15) is 0 Å². The van der Waals surface area contributed by atoms with E-state index in [1.807, 2.05) is 0 Å². The molecule has 1 rings (SSSR count). The lowest BCUT2D eigenvalue weighted by Gasteiger charge is -2.06. The lowest BCUT2D eigenvalue weighted by atomic mass is 10.2. The highest BCUT2D eigenvalue weighted by atomic mass is 32.1. The van der Waals surface area contributed by atoms with E-state index in [4.69, 9.17) is 4.74 Å². The molecule has 8 nitrogen and oxygen atoms in total. The van der Waals surface area contributed by atoms with Crippen LogP contribution in [0.5, 0.6) is 0 Å². The van der Waals surface area contributed by atoms with Crippen molar-refractivity contribution in [2.75, 3.05) is 6.54 Å². The Morgan fingerprint density at radius 3 is 2.57 bits per heavy atom. The highest BCUT2D eigenvalue weighted by molar-refractivity contribution is 7.83. The first-order chi connectivity index (χ1) is 10.0. The van der Waals surface area contributed by atoms with E-state index in [1.54, 1.807) is 0 Å². The van der Waals surface area contributed by atoms with E-state index in [0.717, 1.165) is 0 Å². The van der Waals surface area contributed by atoms with Crippen LogP contribution in [0, 0.1) is 10.1 Å². The summed E-state index contributed by atoms with van der Waals surface area (Å²) in [4.78, 5) is 32.4. The molecule has 0 heterocycles. The Bertz CT molecular complexity index is 544. The van der Waals surface area contributed by atoms with Crippen LogP contribution in [-0.4, -0.2) is 23.5 Å². The van der Waals surface area contributed by atoms with E-state index in [9.17, 15) is 19.7 Å². The van der Waals surface area contributed by atoms with Gasteiger partial charge in [-0.05, 0) is 23.1 Å². The summed E-state index contributed by atoms with van der Waals surface area (Å²) in [5, 5.41) is 16.4. The minimum absolute atomic E-state index is 0.0443. The number of rotatable bonds is 6. The largest absolute Gasteiger partial charge is 0.445 e. The molecular weight excluding hydrogens is 298 g/mol. The Balaban J connectivity index is 2.32. The van der Waals surface area contributed by atoms with Gasteiger partial charge in [0.15, 0.2) is 0 Å². The number of carbonyl (C=O) groups is 2. The molecule has 9 heteroatoms. The van der Waals surface area contributed by atoms with E-state index < -0.39 is 16.9 Å². The van der Waals surface area contributed by atoms with Gasteiger partial charge in [0.2, 0.25) is 5.91 Å². The van der Waals surface area contributed by atoms with Gasteiger partial charge < -0.3 is 15.4 Å². The standard InChI is InChI=1S/C12H13N3O5S/c16-11(13-5-6-21)7-14-12(17)20-8-9-1-3-10(4-2-9)15(18)19/h1-6,21H,7-8H2,(H,13,16)(H,14,17)/b6-5-. The molecule has 2 N–H and O–H groups in total. The number of alkyl carbamates (subject to hydrolysis) is 1. The number of nitrogens with one attached hydrogen (secondary N) is 2. The van der Waals surface area contributed by atoms with Gasteiger partial charge in [-0.3, -0.25) is 14.9 Å². The molecule has 21 heavy (non-hydrogen) atoms. The number of hydrogen-bond donors (Lipinski definition) is 3. The highest BCUT2D eigenvalue weighted by Gasteiger charge is 2.07. The maximum absolute atomic E-state index is 11.3. The summed E-state index contributed by atoms with van der Waals surface area (Å²) < 4.78 is 4.85. The van der Waals surface area contributed by atoms with Crippen molar-refractivity contribution in [3.63, 3.8) is 0 Å². The van der Waals surface area contributed by atoms with Crippen LogP contribution in [0.1, 0.15) is 5.56 Å². The van der Waals surface area contributed by atoms with Crippen molar-refractivity contribution < 1.29 is 19.2 Å². The number of carbonyl (C=O) groups excluding carboxylic acids is 2. The molecule has 0 unspecified atom stereocenters. The van der Waals surface area contributed by atoms with Crippen molar-refractivity contribution in [3.05, 3.63) is 51.6 Å². The topological polar surface area (TPSA) is 111 Å². The Kier molecular flexibility index (Phi) is 6.75. The van der Waals surface area contributed by atoms with Gasteiger partial charge in [0.25, 0.3) is 5.69 Å². The lowest BCUT2D eigenvalue weighted by molar-refractivity contribution is -0.384. The number of nitro groups is 1. The molecule has 0 aliphatic heterocycles. The highest BCUT2D eigenvalue weighted by Crippen LogP contribution is 2.12. The van der Waals surface area contributed by atoms with Crippen LogP contribution in [0.15, 0.2) is 35.9 Å². The maximum atomic E-state index is 11.3. The molecule has 0 aromatic heterocycles. The van der Waals surface area contributed by atoms with Crippen LogP contribution in [0.25, 0.3) is 0 Å². The summed E-state index contributed by atoms with van der Waals surface area (Å²) >= 11 is 3.75. The fourth-order valence-corrected chi connectivity index (χ4v) is 1.32. The summed E-state index contributed by atoms with van der Waals surface area (Å²) in [6.45, 7) is -0.292. The van der Waals surface area contributed by atoms with E-state index >= 15 is 0 Å². The predicted molar refractivity (Wildman–Crippen MR) is 77.6 cm³/mol. The van der Waals surface area contributed by atoms with E-state index in [2.05, 4.69) is 23.3 Å². The van der Waals surface area contributed by atoms with Gasteiger partial charge >= 0.3 is 6.09 Å². The Hall–Kier alpha value is -2.55. The first-order valence-electron chi connectivity index (χ1n) is 5.75. The molecule has 0 atom stereocenters. The number of amides is 2. The number of hydrogen-bond acceptors (Lipinski definition) is 6. The minimum Gasteiger partial charge on any atom is -0.445 e. The van der Waals surface area contributed by atoms with Gasteiger partial charge in [-0.25, -0.2) is 4.79 Å². The fourth-order valence-electron chi connectivity index (χ4n) is 1.25. The number of nitro benzene ring substituents is 1. The lowest BCUT2D eigenvalue weighted by Crippen LogP contribution is -2.35. The number of non-ortho nitro benzene ring substituents is 1. The number of benzene rings is 1. The second kappa shape index (κ2) is 8.59. The first-order valence-corrected chi connectivity index (χ1v) is 6.27. The number of nitrogens with zero attached hydrogens (tertiary/aromatic N) is 1. The zero-order valence-corrected chi connectivity index (χ0v) is 11.7. The summed E-state index contributed by atoms with van der Waals surface area (Å²) in [7, 11) is 0. The number of thiol groups is 1. The zero-order valence-electron chi connectivity index (χ0n) is 10.8. The molecule has 0 fully saturated rings. The summed E-state index contributed by atoms with van der Waals surface area (Å²) in [5.74, 6) is -0.424. The second-order valence-corrected chi connectivity index (χ2v) is 4.03. The normalized spacial score (nSPS) is 10.1. The van der Waals surface area contributed by atoms with Gasteiger partial charge in [0.05, 0.1) is 4.92 Å². The summed E-state index contributed by atoms with van der Waals surface area (Å²) in [6, 6.07) is 5.59. The van der Waals surface area contributed by atoms with E-state index in [0.29, 0.717) is 5.56 Å². The second-order valence-electron chi connectivity index (χ2n) is 3.74. The minimum atomic E-state index is -0.765. The van der Waals surface area contributed by atoms with Crippen molar-refractivity contribution in [2.45, 2.75) is 6.61 Å². The van der Waals surface area contributed by atoms with Gasteiger partial charge in [0, 0.05) is 18.3 Å². The van der Waals surface area contributed by atoms with Crippen LogP contribution in [0.4, 0.5) is 10.5 Å². The van der Waals surface area contributed by atoms with Crippen LogP contribution in [-0.2, 0) is 16.1 Å². The number of ether oxygens (including phenoxy) is 1. The molecule has 0 radical (unpaired) electrons. The van der Waals surface area contributed by atoms with Gasteiger partial charge in [0.1, 0.15) is 13.2 Å². The van der Waals surface area contributed by atoms with Crippen LogP contribution >= 0.6 is 12.6 Å². The molecular formula is C12H13N3O5S. The summed E-state index contributed by atoms with van der Waals surface area (Å²) in [5.41, 5.74) is 0.551. The SMILES string of the molecule is O=C(CNC(=O)OCc1ccc([N+](=O)[O-])cc1)N/C=C\S. The third-order valence-corrected chi connectivity index (χ3v) is 2.38. The third-order valence-electron chi connectivity index (χ3n) is 2.23. The fraction of sp³-hybridized carbons (Fsp3) is 0.167. The molecule has 0 saturated heterocycles. The monoisotopic (exact) mass is 311 g/mol. The molecule has 2 amide bonds. The third kappa shape index (κ3) is 6.43. The van der Waals surface area contributed by atoms with E-state index in [-0.39, 0.29) is 18.8 Å². The van der Waals surface area contributed by atoms with Crippen molar-refractivity contribution in [1.82, 2.24) is 10.6 Å². The molecule has 1 aromatic carbocycles. The molecule has 0 spiro atoms. The van der Waals surface area contributed by atoms with Crippen LogP contribution in [0.3, 0.4) is 0 Å². The molecule has 1 aromatic rings. The van der Waals surface area contributed by atoms with Crippen molar-refractivity contribution in [2.24, 2.45) is 0 Å². The Morgan fingerprint density at radius 1 is 1.33 bits per heavy atom. The average molecular weight is 311 g/mol. The molecule has 0 saturated carbocycles. The predicted octanol–water partition coefficient (Wildman–Crippen LogP) is 1.34. The Morgan fingerprint density at radius 2 is 2.00 bits per heavy atom. The molecule has 0 aliphatic carbocycles. The summed E-state index contributed by atoms with van der Waals surface area (Å²) in [6.07, 6.45) is 0.549. The first kappa shape index (κ1) is 16.5. The van der Waals surface area contributed by atoms with Crippen molar-refractivity contribution in [1.29, 1.82) is 0 Å². The van der Waals surface area contributed by atoms with Crippen molar-refractivity contribution in [3.8, 4) is 0 Å². The molecule has 0 aliphatic rings. The zero-order chi connectivity index (χ0) is 15.7. The van der Waals surface area contributed by atoms with Gasteiger partial charge in [-0.1, -0.05) is 0 Å². The molecule has 0 bridgehead atoms. The van der Waals surface area contributed by atoms with Crippen LogP contribution < -0.4 is 10.6 Å². The molecule has 112 valence electrons. The maximum Gasteiger partial charge on any atom is 0.407 e. The van der Waals surface area contributed by atoms with E-state index in [1.165, 1.54) is 35.9 Å². The van der Waals surface area contributed by atoms with Crippen molar-refractivity contribution >= 4 is 30.3 Å². The Labute approximate surface area is 125 Å². The quantitative estimate of drug-likeness (QED) is 0.417. The van der Waals surface area contributed by atoms with Gasteiger partial charge in [-0.15, -0.1) is 12.6 Å². The van der Waals surface area contributed by atoms with Crippen LogP contribution in [0.2, 0.25) is 0 Å². The average Bonchev–Trinajstić information content (AvgIpc) is 2.49.